The minimum atomic E-state index is 0.209. The maximum Gasteiger partial charge on any atom is 0.0730 e. The third-order valence-electron chi connectivity index (χ3n) is 5.73. The minimum absolute atomic E-state index is 0.209. The van der Waals surface area contributed by atoms with Gasteiger partial charge in [0, 0.05) is 25.7 Å². The molecule has 152 valence electrons. The molecule has 28 heavy (non-hydrogen) atoms. The molecule has 2 aromatic rings. The molecule has 3 N–H and O–H groups in total. The van der Waals surface area contributed by atoms with E-state index >= 15 is 0 Å². The maximum absolute atomic E-state index is 6.08. The zero-order chi connectivity index (χ0) is 19.8. The molecular weight excluding hydrogens is 346 g/mol. The van der Waals surface area contributed by atoms with Crippen LogP contribution in [0.1, 0.15) is 30.4 Å². The number of rotatable bonds is 10. The molecule has 2 aromatic carbocycles. The average Bonchev–Trinajstić information content (AvgIpc) is 3.14. The average molecular weight is 382 g/mol. The van der Waals surface area contributed by atoms with Gasteiger partial charge in [-0.25, -0.2) is 0 Å². The van der Waals surface area contributed by atoms with E-state index in [0.717, 1.165) is 38.9 Å². The van der Waals surface area contributed by atoms with Crippen molar-refractivity contribution in [3.8, 4) is 11.1 Å². The summed E-state index contributed by atoms with van der Waals surface area (Å²) in [5.74, 6) is 0. The standard InChI is InChI=1S/C24H35N3O/c1-26-15-17-27(2)16-14-19-6-10-21(11-7-19)22-12-8-20(9-13-22)18-28-24-5-3-4-23(24)25/h6-13,23-24,26H,3-5,14-18,25H2,1-2H3/t23-,24?/m0/s1. The van der Waals surface area contributed by atoms with Gasteiger partial charge in [0.15, 0.2) is 0 Å². The molecule has 1 fully saturated rings. The topological polar surface area (TPSA) is 50.5 Å². The van der Waals surface area contributed by atoms with Crippen LogP contribution < -0.4 is 11.1 Å². The van der Waals surface area contributed by atoms with Gasteiger partial charge in [-0.2, -0.15) is 0 Å². The van der Waals surface area contributed by atoms with Crippen LogP contribution in [-0.4, -0.2) is 50.8 Å². The first-order valence-electron chi connectivity index (χ1n) is 10.5. The molecule has 0 heterocycles. The molecule has 4 heteroatoms. The van der Waals surface area contributed by atoms with E-state index in [-0.39, 0.29) is 12.1 Å². The minimum Gasteiger partial charge on any atom is -0.372 e. The first-order valence-corrected chi connectivity index (χ1v) is 10.5. The van der Waals surface area contributed by atoms with Gasteiger partial charge in [0.1, 0.15) is 0 Å². The van der Waals surface area contributed by atoms with Crippen LogP contribution in [0.2, 0.25) is 0 Å². The van der Waals surface area contributed by atoms with Crippen molar-refractivity contribution >= 4 is 0 Å². The summed E-state index contributed by atoms with van der Waals surface area (Å²) in [6.07, 6.45) is 4.68. The van der Waals surface area contributed by atoms with Gasteiger partial charge >= 0.3 is 0 Å². The third kappa shape index (κ3) is 6.14. The van der Waals surface area contributed by atoms with Gasteiger partial charge in [0.25, 0.3) is 0 Å². The number of nitrogens with zero attached hydrogens (tertiary/aromatic N) is 1. The van der Waals surface area contributed by atoms with Gasteiger partial charge < -0.3 is 20.7 Å². The molecule has 0 aliphatic heterocycles. The molecule has 0 aromatic heterocycles. The number of hydrogen-bond acceptors (Lipinski definition) is 4. The summed E-state index contributed by atoms with van der Waals surface area (Å²) in [6, 6.07) is 17.9. The fourth-order valence-electron chi connectivity index (χ4n) is 3.76. The van der Waals surface area contributed by atoms with Crippen molar-refractivity contribution < 1.29 is 4.74 Å². The molecular formula is C24H35N3O. The Hall–Kier alpha value is -1.72. The van der Waals surface area contributed by atoms with E-state index in [2.05, 4.69) is 65.8 Å². The highest BCUT2D eigenvalue weighted by atomic mass is 16.5. The van der Waals surface area contributed by atoms with E-state index < -0.39 is 0 Å². The molecule has 0 spiro atoms. The summed E-state index contributed by atoms with van der Waals surface area (Å²) in [4.78, 5) is 2.36. The molecule has 1 saturated carbocycles. The summed E-state index contributed by atoms with van der Waals surface area (Å²) in [7, 11) is 4.18. The zero-order valence-electron chi connectivity index (χ0n) is 17.4. The van der Waals surface area contributed by atoms with Crippen molar-refractivity contribution in [2.24, 2.45) is 5.73 Å². The number of ether oxygens (including phenoxy) is 1. The van der Waals surface area contributed by atoms with Crippen LogP contribution in [0.15, 0.2) is 48.5 Å². The number of hydrogen-bond donors (Lipinski definition) is 2. The second-order valence-corrected chi connectivity index (χ2v) is 7.99. The Kier molecular flexibility index (Phi) is 8.04. The van der Waals surface area contributed by atoms with Gasteiger partial charge in [-0.3, -0.25) is 0 Å². The van der Waals surface area contributed by atoms with Crippen molar-refractivity contribution in [1.29, 1.82) is 0 Å². The second kappa shape index (κ2) is 10.7. The molecule has 2 atom stereocenters. The van der Waals surface area contributed by atoms with E-state index in [9.17, 15) is 0 Å². The smallest absolute Gasteiger partial charge is 0.0730 e. The number of likely N-dealkylation sites (N-methyl/N-ethyl adjacent to an activating group) is 2. The van der Waals surface area contributed by atoms with Gasteiger partial charge in [0.05, 0.1) is 12.7 Å². The predicted molar refractivity (Wildman–Crippen MR) is 117 cm³/mol. The number of benzene rings is 2. The zero-order valence-corrected chi connectivity index (χ0v) is 17.4. The van der Waals surface area contributed by atoms with Gasteiger partial charge in [-0.1, -0.05) is 48.5 Å². The highest BCUT2D eigenvalue weighted by molar-refractivity contribution is 5.63. The summed E-state index contributed by atoms with van der Waals surface area (Å²) < 4.78 is 6.00. The molecule has 1 unspecified atom stereocenters. The van der Waals surface area contributed by atoms with E-state index in [1.165, 1.54) is 28.7 Å². The van der Waals surface area contributed by atoms with Gasteiger partial charge in [0.2, 0.25) is 0 Å². The fraction of sp³-hybridized carbons (Fsp3) is 0.500. The van der Waals surface area contributed by atoms with Crippen LogP contribution >= 0.6 is 0 Å². The van der Waals surface area contributed by atoms with E-state index in [0.29, 0.717) is 6.61 Å². The first-order chi connectivity index (χ1) is 13.7. The van der Waals surface area contributed by atoms with Crippen LogP contribution in [-0.2, 0) is 17.8 Å². The van der Waals surface area contributed by atoms with Crippen LogP contribution in [0.25, 0.3) is 11.1 Å². The Morgan fingerprint density at radius 1 is 0.964 bits per heavy atom. The second-order valence-electron chi connectivity index (χ2n) is 7.99. The molecule has 3 rings (SSSR count). The van der Waals surface area contributed by atoms with Crippen molar-refractivity contribution in [3.63, 3.8) is 0 Å². The Labute approximate surface area is 170 Å². The SMILES string of the molecule is CNCCN(C)CCc1ccc(-c2ccc(COC3CCC[C@@H]3N)cc2)cc1. The van der Waals surface area contributed by atoms with Crippen molar-refractivity contribution in [3.05, 3.63) is 59.7 Å². The Morgan fingerprint density at radius 2 is 1.61 bits per heavy atom. The predicted octanol–water partition coefficient (Wildman–Crippen LogP) is 3.44. The van der Waals surface area contributed by atoms with Gasteiger partial charge in [-0.05, 0) is 62.0 Å². The lowest BCUT2D eigenvalue weighted by Gasteiger charge is -2.16. The number of nitrogens with two attached hydrogens (primary N) is 1. The Balaban J connectivity index is 1.49. The molecule has 4 nitrogen and oxygen atoms in total. The highest BCUT2D eigenvalue weighted by Crippen LogP contribution is 2.23. The monoisotopic (exact) mass is 381 g/mol. The number of nitrogens with one attached hydrogen (secondary N) is 1. The van der Waals surface area contributed by atoms with E-state index in [1.807, 2.05) is 7.05 Å². The molecule has 1 aliphatic carbocycles. The lowest BCUT2D eigenvalue weighted by atomic mass is 10.0. The summed E-state index contributed by atoms with van der Waals surface area (Å²) in [5.41, 5.74) is 11.2. The Bertz CT molecular complexity index is 699. The molecule has 0 saturated heterocycles. The lowest BCUT2D eigenvalue weighted by molar-refractivity contribution is 0.0357. The fourth-order valence-corrected chi connectivity index (χ4v) is 3.76. The van der Waals surface area contributed by atoms with Crippen molar-refractivity contribution in [1.82, 2.24) is 10.2 Å². The highest BCUT2D eigenvalue weighted by Gasteiger charge is 2.24. The molecule has 1 aliphatic rings. The summed E-state index contributed by atoms with van der Waals surface area (Å²) in [6.45, 7) is 3.85. The Morgan fingerprint density at radius 3 is 2.18 bits per heavy atom. The molecule has 0 amide bonds. The summed E-state index contributed by atoms with van der Waals surface area (Å²) >= 11 is 0. The largest absolute Gasteiger partial charge is 0.372 e. The summed E-state index contributed by atoms with van der Waals surface area (Å²) in [5, 5.41) is 3.20. The van der Waals surface area contributed by atoms with Crippen molar-refractivity contribution in [2.75, 3.05) is 33.7 Å². The quantitative estimate of drug-likeness (QED) is 0.662. The van der Waals surface area contributed by atoms with E-state index in [4.69, 9.17) is 10.5 Å². The van der Waals surface area contributed by atoms with Crippen LogP contribution in [0.3, 0.4) is 0 Å². The van der Waals surface area contributed by atoms with Crippen LogP contribution in [0, 0.1) is 0 Å². The maximum atomic E-state index is 6.08. The van der Waals surface area contributed by atoms with Gasteiger partial charge in [-0.15, -0.1) is 0 Å². The van der Waals surface area contributed by atoms with Crippen LogP contribution in [0.5, 0.6) is 0 Å². The molecule has 0 radical (unpaired) electrons. The van der Waals surface area contributed by atoms with Crippen molar-refractivity contribution in [2.45, 2.75) is 44.4 Å². The first kappa shape index (κ1) is 21.0. The van der Waals surface area contributed by atoms with Crippen LogP contribution in [0.4, 0.5) is 0 Å². The van der Waals surface area contributed by atoms with E-state index in [1.54, 1.807) is 0 Å². The normalized spacial score (nSPS) is 19.4. The molecule has 0 bridgehead atoms. The lowest BCUT2D eigenvalue weighted by Crippen LogP contribution is -2.31. The third-order valence-corrected chi connectivity index (χ3v) is 5.73.